The lowest BCUT2D eigenvalue weighted by Gasteiger charge is -2.26. The zero-order valence-corrected chi connectivity index (χ0v) is 14.3. The number of ether oxygens (including phenoxy) is 1. The van der Waals surface area contributed by atoms with E-state index >= 15 is 0 Å². The highest BCUT2D eigenvalue weighted by Gasteiger charge is 2.13. The maximum atomic E-state index is 12.2. The van der Waals surface area contributed by atoms with E-state index in [0.717, 1.165) is 37.7 Å². The summed E-state index contributed by atoms with van der Waals surface area (Å²) in [6.07, 6.45) is -0.658. The van der Waals surface area contributed by atoms with E-state index in [-0.39, 0.29) is 12.5 Å². The minimum Gasteiger partial charge on any atom is -0.386 e. The van der Waals surface area contributed by atoms with Crippen molar-refractivity contribution < 1.29 is 14.6 Å². The summed E-state index contributed by atoms with van der Waals surface area (Å²) in [4.78, 5) is 15.4. The lowest BCUT2D eigenvalue weighted by molar-refractivity contribution is 0.0342. The van der Waals surface area contributed by atoms with Gasteiger partial charge in [-0.05, 0) is 29.1 Å². The zero-order valence-electron chi connectivity index (χ0n) is 13.5. The van der Waals surface area contributed by atoms with Gasteiger partial charge in [0.1, 0.15) is 6.10 Å². The Morgan fingerprint density at radius 2 is 2.00 bits per heavy atom. The van der Waals surface area contributed by atoms with Crippen LogP contribution >= 0.6 is 11.3 Å². The van der Waals surface area contributed by atoms with Gasteiger partial charge in [-0.15, -0.1) is 11.3 Å². The summed E-state index contributed by atoms with van der Waals surface area (Å²) in [7, 11) is 0. The quantitative estimate of drug-likeness (QED) is 0.840. The Hall–Kier alpha value is -1.73. The molecule has 1 aromatic heterocycles. The monoisotopic (exact) mass is 346 g/mol. The smallest absolute Gasteiger partial charge is 0.251 e. The second kappa shape index (κ2) is 8.39. The molecule has 2 heterocycles. The number of carbonyl (C=O) groups is 1. The Morgan fingerprint density at radius 1 is 1.25 bits per heavy atom. The van der Waals surface area contributed by atoms with Crippen molar-refractivity contribution in [3.05, 3.63) is 57.8 Å². The minimum atomic E-state index is -0.658. The van der Waals surface area contributed by atoms with E-state index in [4.69, 9.17) is 4.74 Å². The maximum Gasteiger partial charge on any atom is 0.251 e. The fraction of sp³-hybridized carbons (Fsp3) is 0.389. The van der Waals surface area contributed by atoms with Crippen LogP contribution in [-0.4, -0.2) is 48.8 Å². The molecule has 1 aliphatic rings. The highest BCUT2D eigenvalue weighted by molar-refractivity contribution is 7.10. The van der Waals surface area contributed by atoms with Gasteiger partial charge in [0.2, 0.25) is 0 Å². The lowest BCUT2D eigenvalue weighted by Crippen LogP contribution is -2.35. The van der Waals surface area contributed by atoms with Crippen molar-refractivity contribution in [1.82, 2.24) is 10.2 Å². The zero-order chi connectivity index (χ0) is 16.8. The van der Waals surface area contributed by atoms with Crippen LogP contribution in [0, 0.1) is 0 Å². The molecule has 1 fully saturated rings. The van der Waals surface area contributed by atoms with Crippen molar-refractivity contribution >= 4 is 17.2 Å². The first-order chi connectivity index (χ1) is 11.7. The number of nitrogens with zero attached hydrogens (tertiary/aromatic N) is 1. The first-order valence-corrected chi connectivity index (χ1v) is 8.99. The second-order valence-corrected chi connectivity index (χ2v) is 6.81. The largest absolute Gasteiger partial charge is 0.386 e. The molecule has 0 unspecified atom stereocenters. The van der Waals surface area contributed by atoms with Crippen molar-refractivity contribution in [1.29, 1.82) is 0 Å². The molecule has 2 N–H and O–H groups in total. The van der Waals surface area contributed by atoms with Crippen LogP contribution in [0.1, 0.15) is 26.9 Å². The molecule has 1 saturated heterocycles. The summed E-state index contributed by atoms with van der Waals surface area (Å²) in [5, 5.41) is 14.7. The van der Waals surface area contributed by atoms with Gasteiger partial charge in [0.15, 0.2) is 0 Å². The van der Waals surface area contributed by atoms with Crippen LogP contribution in [0.2, 0.25) is 0 Å². The van der Waals surface area contributed by atoms with E-state index in [9.17, 15) is 9.90 Å². The molecule has 1 aromatic carbocycles. The fourth-order valence-corrected chi connectivity index (χ4v) is 3.36. The summed E-state index contributed by atoms with van der Waals surface area (Å²) in [5.41, 5.74) is 1.80. The van der Waals surface area contributed by atoms with E-state index in [1.165, 1.54) is 16.9 Å². The Labute approximate surface area is 145 Å². The number of aliphatic hydroxyl groups is 1. The topological polar surface area (TPSA) is 61.8 Å². The van der Waals surface area contributed by atoms with Gasteiger partial charge >= 0.3 is 0 Å². The standard InChI is InChI=1S/C18H22N2O3S/c21-16(17-2-1-11-24-17)12-19-18(22)15-5-3-14(4-6-15)13-20-7-9-23-10-8-20/h1-6,11,16,21H,7-10,12-13H2,(H,19,22)/t16-/m1/s1. The average molecular weight is 346 g/mol. The number of morpholine rings is 1. The molecule has 3 rings (SSSR count). The van der Waals surface area contributed by atoms with Crippen LogP contribution in [0.25, 0.3) is 0 Å². The first kappa shape index (κ1) is 17.1. The molecule has 1 amide bonds. The summed E-state index contributed by atoms with van der Waals surface area (Å²) in [6, 6.07) is 11.4. The van der Waals surface area contributed by atoms with Crippen molar-refractivity contribution in [3.63, 3.8) is 0 Å². The van der Waals surface area contributed by atoms with E-state index in [1.807, 2.05) is 41.8 Å². The number of carbonyl (C=O) groups excluding carboxylic acids is 1. The number of hydrogen-bond donors (Lipinski definition) is 2. The molecule has 0 saturated carbocycles. The Bertz CT molecular complexity index is 637. The van der Waals surface area contributed by atoms with Gasteiger partial charge in [-0.2, -0.15) is 0 Å². The number of hydrogen-bond acceptors (Lipinski definition) is 5. The number of rotatable bonds is 6. The number of thiophene rings is 1. The van der Waals surface area contributed by atoms with Gasteiger partial charge in [-0.3, -0.25) is 9.69 Å². The third-order valence-electron chi connectivity index (χ3n) is 4.05. The fourth-order valence-electron chi connectivity index (χ4n) is 2.65. The predicted molar refractivity (Wildman–Crippen MR) is 94.2 cm³/mol. The average Bonchev–Trinajstić information content (AvgIpc) is 3.16. The van der Waals surface area contributed by atoms with Crippen molar-refractivity contribution in [2.24, 2.45) is 0 Å². The normalized spacial score (nSPS) is 16.7. The second-order valence-electron chi connectivity index (χ2n) is 5.83. The minimum absolute atomic E-state index is 0.163. The van der Waals surface area contributed by atoms with Crippen LogP contribution in [0.15, 0.2) is 41.8 Å². The van der Waals surface area contributed by atoms with E-state index < -0.39 is 6.10 Å². The van der Waals surface area contributed by atoms with Gasteiger partial charge in [-0.1, -0.05) is 18.2 Å². The summed E-state index contributed by atoms with van der Waals surface area (Å²) in [6.45, 7) is 4.56. The highest BCUT2D eigenvalue weighted by atomic mass is 32.1. The molecule has 0 spiro atoms. The van der Waals surface area contributed by atoms with E-state index in [2.05, 4.69) is 10.2 Å². The Balaban J connectivity index is 1.50. The number of aliphatic hydroxyl groups excluding tert-OH is 1. The van der Waals surface area contributed by atoms with Crippen LogP contribution < -0.4 is 5.32 Å². The molecule has 5 nitrogen and oxygen atoms in total. The SMILES string of the molecule is O=C(NC[C@@H](O)c1cccs1)c1ccc(CN2CCOCC2)cc1. The molecule has 24 heavy (non-hydrogen) atoms. The van der Waals surface area contributed by atoms with Gasteiger partial charge in [0.25, 0.3) is 5.91 Å². The summed E-state index contributed by atoms with van der Waals surface area (Å²) in [5.74, 6) is -0.163. The van der Waals surface area contributed by atoms with E-state index in [1.54, 1.807) is 0 Å². The van der Waals surface area contributed by atoms with Crippen LogP contribution in [0.3, 0.4) is 0 Å². The molecular weight excluding hydrogens is 324 g/mol. The van der Waals surface area contributed by atoms with Gasteiger partial charge in [-0.25, -0.2) is 0 Å². The molecule has 6 heteroatoms. The lowest BCUT2D eigenvalue weighted by atomic mass is 10.1. The van der Waals surface area contributed by atoms with Crippen LogP contribution in [0.5, 0.6) is 0 Å². The molecular formula is C18H22N2O3S. The third kappa shape index (κ3) is 4.64. The van der Waals surface area contributed by atoms with E-state index in [0.29, 0.717) is 5.56 Å². The molecule has 0 bridgehead atoms. The Morgan fingerprint density at radius 3 is 2.67 bits per heavy atom. The first-order valence-electron chi connectivity index (χ1n) is 8.11. The van der Waals surface area contributed by atoms with Crippen LogP contribution in [0.4, 0.5) is 0 Å². The number of amides is 1. The van der Waals surface area contributed by atoms with Gasteiger partial charge in [0, 0.05) is 36.6 Å². The van der Waals surface area contributed by atoms with Crippen molar-refractivity contribution in [2.75, 3.05) is 32.8 Å². The number of nitrogens with one attached hydrogen (secondary N) is 1. The van der Waals surface area contributed by atoms with Crippen LogP contribution in [-0.2, 0) is 11.3 Å². The maximum absolute atomic E-state index is 12.2. The Kier molecular flexibility index (Phi) is 5.98. The van der Waals surface area contributed by atoms with Gasteiger partial charge < -0.3 is 15.2 Å². The molecule has 2 aromatic rings. The third-order valence-corrected chi connectivity index (χ3v) is 5.03. The molecule has 1 aliphatic heterocycles. The number of benzene rings is 1. The molecule has 1 atom stereocenters. The highest BCUT2D eigenvalue weighted by Crippen LogP contribution is 2.18. The molecule has 0 aliphatic carbocycles. The van der Waals surface area contributed by atoms with Crippen molar-refractivity contribution in [3.8, 4) is 0 Å². The van der Waals surface area contributed by atoms with Crippen molar-refractivity contribution in [2.45, 2.75) is 12.6 Å². The summed E-state index contributed by atoms with van der Waals surface area (Å²) >= 11 is 1.48. The molecule has 128 valence electrons. The summed E-state index contributed by atoms with van der Waals surface area (Å²) < 4.78 is 5.35. The predicted octanol–water partition coefficient (Wildman–Crippen LogP) is 2.04. The molecule has 0 radical (unpaired) electrons. The van der Waals surface area contributed by atoms with Gasteiger partial charge in [0.05, 0.1) is 13.2 Å².